The van der Waals surface area contributed by atoms with E-state index in [1.54, 1.807) is 0 Å². The van der Waals surface area contributed by atoms with Crippen molar-refractivity contribution in [3.05, 3.63) is 209 Å². The van der Waals surface area contributed by atoms with Crippen LogP contribution in [-0.4, -0.2) is 0 Å². The maximum atomic E-state index is 2.52. The first-order valence-electron chi connectivity index (χ1n) is 16.8. The summed E-state index contributed by atoms with van der Waals surface area (Å²) in [5.41, 5.74) is 12.9. The number of allylic oxidation sites excluding steroid dienone is 2. The molecule has 7 rings (SSSR count). The van der Waals surface area contributed by atoms with Crippen LogP contribution in [0.4, 0.5) is 28.4 Å². The molecule has 1 aliphatic carbocycles. The van der Waals surface area contributed by atoms with Gasteiger partial charge in [-0.1, -0.05) is 140 Å². The molecule has 0 heterocycles. The Balaban J connectivity index is 1.29. The third-order valence-corrected chi connectivity index (χ3v) is 9.68. The summed E-state index contributed by atoms with van der Waals surface area (Å²) < 4.78 is 0. The average Bonchev–Trinajstić information content (AvgIpc) is 3.13. The van der Waals surface area contributed by atoms with Crippen molar-refractivity contribution in [2.45, 2.75) is 39.2 Å². The van der Waals surface area contributed by atoms with Gasteiger partial charge in [-0.05, 0) is 97.5 Å². The molecule has 0 unspecified atom stereocenters. The van der Waals surface area contributed by atoms with Gasteiger partial charge in [0.2, 0.25) is 0 Å². The van der Waals surface area contributed by atoms with Crippen molar-refractivity contribution in [2.75, 3.05) is 9.80 Å². The summed E-state index contributed by atoms with van der Waals surface area (Å²) in [6.45, 7) is 8.78. The van der Waals surface area contributed by atoms with Crippen LogP contribution in [-0.2, 0) is 5.54 Å². The zero-order valence-electron chi connectivity index (χ0n) is 28.2. The number of nitrogens with zero attached hydrogens (tertiary/aromatic N) is 2. The molecule has 0 atom stereocenters. The molecule has 2 heteroatoms. The van der Waals surface area contributed by atoms with E-state index in [1.165, 1.54) is 56.1 Å². The van der Waals surface area contributed by atoms with Crippen LogP contribution in [0, 0.1) is 27.7 Å². The summed E-state index contributed by atoms with van der Waals surface area (Å²) >= 11 is 0. The Morgan fingerprint density at radius 2 is 0.812 bits per heavy atom. The summed E-state index contributed by atoms with van der Waals surface area (Å²) in [6.07, 6.45) is 9.58. The second-order valence-corrected chi connectivity index (χ2v) is 12.8. The van der Waals surface area contributed by atoms with Gasteiger partial charge in [-0.2, -0.15) is 0 Å². The lowest BCUT2D eigenvalue weighted by Crippen LogP contribution is -2.42. The zero-order valence-corrected chi connectivity index (χ0v) is 28.2. The van der Waals surface area contributed by atoms with Gasteiger partial charge in [0.1, 0.15) is 5.54 Å². The number of rotatable bonds is 8. The predicted octanol–water partition coefficient (Wildman–Crippen LogP) is 12.3. The third-order valence-electron chi connectivity index (χ3n) is 9.68. The van der Waals surface area contributed by atoms with Crippen molar-refractivity contribution in [2.24, 2.45) is 0 Å². The number of hydrogen-bond acceptors (Lipinski definition) is 2. The number of hydrogen-bond donors (Lipinski definition) is 0. The van der Waals surface area contributed by atoms with Gasteiger partial charge in [0.25, 0.3) is 0 Å². The summed E-state index contributed by atoms with van der Waals surface area (Å²) in [7, 11) is 0. The van der Waals surface area contributed by atoms with E-state index in [4.69, 9.17) is 0 Å². The molecule has 0 saturated heterocycles. The highest BCUT2D eigenvalue weighted by molar-refractivity contribution is 5.80. The predicted molar refractivity (Wildman–Crippen MR) is 204 cm³/mol. The topological polar surface area (TPSA) is 6.48 Å². The monoisotopic (exact) mass is 622 g/mol. The Labute approximate surface area is 286 Å². The Hall–Kier alpha value is -5.60. The van der Waals surface area contributed by atoms with Crippen LogP contribution in [0.25, 0.3) is 0 Å². The average molecular weight is 623 g/mol. The summed E-state index contributed by atoms with van der Waals surface area (Å²) in [5, 5.41) is 0. The first kappa shape index (κ1) is 31.0. The third kappa shape index (κ3) is 5.75. The highest BCUT2D eigenvalue weighted by Crippen LogP contribution is 2.47. The lowest BCUT2D eigenvalue weighted by atomic mass is 9.79. The van der Waals surface area contributed by atoms with Gasteiger partial charge in [-0.3, -0.25) is 0 Å². The van der Waals surface area contributed by atoms with E-state index in [2.05, 4.69) is 213 Å². The van der Waals surface area contributed by atoms with E-state index < -0.39 is 5.54 Å². The fourth-order valence-electron chi connectivity index (χ4n) is 7.06. The van der Waals surface area contributed by atoms with Crippen LogP contribution in [0.2, 0.25) is 0 Å². The summed E-state index contributed by atoms with van der Waals surface area (Å²) in [4.78, 5) is 4.89. The lowest BCUT2D eigenvalue weighted by molar-refractivity contribution is 0.658. The van der Waals surface area contributed by atoms with E-state index in [9.17, 15) is 0 Å². The molecule has 6 aromatic rings. The van der Waals surface area contributed by atoms with Gasteiger partial charge < -0.3 is 9.80 Å². The van der Waals surface area contributed by atoms with E-state index in [-0.39, 0.29) is 5.92 Å². The molecule has 0 bridgehead atoms. The lowest BCUT2D eigenvalue weighted by Gasteiger charge is -2.45. The highest BCUT2D eigenvalue weighted by Gasteiger charge is 2.38. The fraction of sp³-hybridized carbons (Fsp3) is 0.130. The molecular weight excluding hydrogens is 581 g/mol. The first-order valence-corrected chi connectivity index (χ1v) is 16.8. The Bertz CT molecular complexity index is 1980. The molecule has 0 N–H and O–H groups in total. The molecular formula is C46H42N2. The molecule has 0 aromatic heterocycles. The van der Waals surface area contributed by atoms with Crippen LogP contribution in [0.3, 0.4) is 0 Å². The number of para-hydroxylation sites is 4. The Kier molecular flexibility index (Phi) is 8.57. The van der Waals surface area contributed by atoms with Crippen molar-refractivity contribution in [3.63, 3.8) is 0 Å². The van der Waals surface area contributed by atoms with Crippen molar-refractivity contribution < 1.29 is 0 Å². The van der Waals surface area contributed by atoms with Crippen molar-refractivity contribution in [1.29, 1.82) is 0 Å². The smallest absolute Gasteiger partial charge is 0.107 e. The maximum Gasteiger partial charge on any atom is 0.107 e. The van der Waals surface area contributed by atoms with Crippen LogP contribution in [0.15, 0.2) is 176 Å². The molecule has 0 fully saturated rings. The second-order valence-electron chi connectivity index (χ2n) is 12.8. The molecule has 0 saturated carbocycles. The van der Waals surface area contributed by atoms with Gasteiger partial charge in [-0.25, -0.2) is 0 Å². The maximum absolute atomic E-state index is 2.52. The molecule has 0 radical (unpaired) electrons. The van der Waals surface area contributed by atoms with Crippen molar-refractivity contribution >= 4 is 28.4 Å². The highest BCUT2D eigenvalue weighted by atomic mass is 15.2. The van der Waals surface area contributed by atoms with Gasteiger partial charge in [-0.15, -0.1) is 0 Å². The van der Waals surface area contributed by atoms with Gasteiger partial charge in [0, 0.05) is 34.4 Å². The first-order chi connectivity index (χ1) is 23.5. The number of aryl methyl sites for hydroxylation is 4. The van der Waals surface area contributed by atoms with Crippen molar-refractivity contribution in [1.82, 2.24) is 0 Å². The van der Waals surface area contributed by atoms with E-state index in [1.807, 2.05) is 0 Å². The second kappa shape index (κ2) is 13.3. The Morgan fingerprint density at radius 1 is 0.417 bits per heavy atom. The molecule has 0 aliphatic heterocycles. The zero-order chi connectivity index (χ0) is 33.1. The molecule has 0 amide bonds. The minimum absolute atomic E-state index is 0.150. The quantitative estimate of drug-likeness (QED) is 0.156. The van der Waals surface area contributed by atoms with Crippen LogP contribution in [0.5, 0.6) is 0 Å². The molecule has 6 aromatic carbocycles. The van der Waals surface area contributed by atoms with Crippen LogP contribution >= 0.6 is 0 Å². The van der Waals surface area contributed by atoms with E-state index in [0.29, 0.717) is 0 Å². The van der Waals surface area contributed by atoms with Gasteiger partial charge in [0.15, 0.2) is 0 Å². The molecule has 48 heavy (non-hydrogen) atoms. The fourth-order valence-corrected chi connectivity index (χ4v) is 7.06. The van der Waals surface area contributed by atoms with Gasteiger partial charge >= 0.3 is 0 Å². The van der Waals surface area contributed by atoms with E-state index in [0.717, 1.165) is 5.69 Å². The van der Waals surface area contributed by atoms with Crippen LogP contribution < -0.4 is 9.80 Å². The molecule has 0 spiro atoms. The SMILES string of the molecule is Cc1ccccc1N(c1ccc(C2C=CC(c3ccccc3)(N(c3ccccc3C)c3ccccc3C)C=C2)cc1)c1ccccc1C. The normalized spacial score (nSPS) is 16.9. The standard InChI is InChI=1S/C46H42N2/c1-34-16-8-12-22-42(34)47(43-23-13-9-17-35(43)2)41-28-26-38(27-29-41)39-30-32-46(33-31-39,40-20-6-5-7-21-40)48(44-24-14-10-18-36(44)3)45-25-15-11-19-37(45)4/h5-33,39H,1-4H3. The molecule has 236 valence electrons. The minimum Gasteiger partial charge on any atom is -0.324 e. The summed E-state index contributed by atoms with van der Waals surface area (Å²) in [6, 6.07) is 54.7. The molecule has 1 aliphatic rings. The van der Waals surface area contributed by atoms with Gasteiger partial charge in [0.05, 0.1) is 0 Å². The number of benzene rings is 6. The minimum atomic E-state index is -0.512. The van der Waals surface area contributed by atoms with E-state index >= 15 is 0 Å². The Morgan fingerprint density at radius 3 is 1.25 bits per heavy atom. The number of anilines is 5. The largest absolute Gasteiger partial charge is 0.324 e. The van der Waals surface area contributed by atoms with Crippen molar-refractivity contribution in [3.8, 4) is 0 Å². The molecule has 2 nitrogen and oxygen atoms in total. The summed E-state index contributed by atoms with van der Waals surface area (Å²) in [5.74, 6) is 0.150. The van der Waals surface area contributed by atoms with Crippen LogP contribution in [0.1, 0.15) is 39.3 Å².